The molecule has 2 N–H and O–H groups in total. The van der Waals surface area contributed by atoms with Gasteiger partial charge in [-0.05, 0) is 55.5 Å². The van der Waals surface area contributed by atoms with Crippen molar-refractivity contribution in [3.8, 4) is 0 Å². The van der Waals surface area contributed by atoms with Gasteiger partial charge in [-0.1, -0.05) is 41.9 Å². The van der Waals surface area contributed by atoms with Gasteiger partial charge in [0.25, 0.3) is 0 Å². The van der Waals surface area contributed by atoms with Gasteiger partial charge in [0.05, 0.1) is 0 Å². The first-order valence-electron chi connectivity index (χ1n) is 7.29. The van der Waals surface area contributed by atoms with Crippen molar-refractivity contribution in [2.75, 3.05) is 19.6 Å². The summed E-state index contributed by atoms with van der Waals surface area (Å²) in [4.78, 5) is 2.57. The van der Waals surface area contributed by atoms with Gasteiger partial charge in [0.1, 0.15) is 0 Å². The zero-order chi connectivity index (χ0) is 13.8. The lowest BCUT2D eigenvalue weighted by Gasteiger charge is -2.35. The van der Waals surface area contributed by atoms with E-state index in [9.17, 15) is 0 Å². The molecule has 0 spiro atoms. The molecule has 1 heterocycles. The Morgan fingerprint density at radius 1 is 1.26 bits per heavy atom. The Labute approximate surface area is 125 Å². The number of hydrogen-bond acceptors (Lipinski definition) is 2. The second kappa shape index (κ2) is 6.87. The maximum atomic E-state index is 6.28. The van der Waals surface area contributed by atoms with Crippen molar-refractivity contribution in [2.24, 2.45) is 17.6 Å². The van der Waals surface area contributed by atoms with E-state index in [1.54, 1.807) is 0 Å². The summed E-state index contributed by atoms with van der Waals surface area (Å²) in [5.74, 6) is 1.69. The number of rotatable bonds is 4. The lowest BCUT2D eigenvalue weighted by Crippen LogP contribution is -2.39. The Morgan fingerprint density at radius 2 is 1.95 bits per heavy atom. The molecule has 0 bridgehead atoms. The Kier molecular flexibility index (Phi) is 5.43. The first kappa shape index (κ1) is 15.0. The summed E-state index contributed by atoms with van der Waals surface area (Å²) in [6.07, 6.45) is 2.37. The highest BCUT2D eigenvalue weighted by molar-refractivity contribution is 9.10. The molecule has 1 aromatic rings. The molecule has 1 fully saturated rings. The van der Waals surface area contributed by atoms with E-state index in [0.717, 1.165) is 29.3 Å². The minimum Gasteiger partial charge on any atom is -0.324 e. The molecule has 2 rings (SSSR count). The van der Waals surface area contributed by atoms with Gasteiger partial charge in [0, 0.05) is 17.1 Å². The number of hydrogen-bond donors (Lipinski definition) is 1. The third kappa shape index (κ3) is 4.30. The van der Waals surface area contributed by atoms with Crippen LogP contribution >= 0.6 is 15.9 Å². The molecule has 1 aliphatic rings. The first-order chi connectivity index (χ1) is 9.06. The number of halogens is 1. The average Bonchev–Trinajstić information content (AvgIpc) is 2.40. The van der Waals surface area contributed by atoms with Crippen LogP contribution in [-0.2, 0) is 0 Å². The van der Waals surface area contributed by atoms with Gasteiger partial charge in [-0.25, -0.2) is 0 Å². The van der Waals surface area contributed by atoms with Crippen molar-refractivity contribution in [3.05, 3.63) is 34.3 Å². The minimum atomic E-state index is 0.155. The predicted molar refractivity (Wildman–Crippen MR) is 85.1 cm³/mol. The van der Waals surface area contributed by atoms with Crippen LogP contribution in [0.2, 0.25) is 0 Å². The maximum absolute atomic E-state index is 6.28. The van der Waals surface area contributed by atoms with Crippen LogP contribution in [0.4, 0.5) is 0 Å². The molecule has 3 atom stereocenters. The van der Waals surface area contributed by atoms with Crippen molar-refractivity contribution >= 4 is 15.9 Å². The van der Waals surface area contributed by atoms with Gasteiger partial charge < -0.3 is 10.6 Å². The summed E-state index contributed by atoms with van der Waals surface area (Å²) in [5, 5.41) is 0. The van der Waals surface area contributed by atoms with Crippen LogP contribution in [0.1, 0.15) is 38.3 Å². The van der Waals surface area contributed by atoms with Crippen molar-refractivity contribution in [2.45, 2.75) is 32.7 Å². The highest BCUT2D eigenvalue weighted by Crippen LogP contribution is 2.24. The normalized spacial score (nSPS) is 26.3. The van der Waals surface area contributed by atoms with Crippen LogP contribution in [-0.4, -0.2) is 24.5 Å². The molecule has 0 aliphatic carbocycles. The molecule has 2 nitrogen and oxygen atoms in total. The minimum absolute atomic E-state index is 0.155. The van der Waals surface area contributed by atoms with Gasteiger partial charge in [0.2, 0.25) is 0 Å². The second-order valence-electron chi connectivity index (χ2n) is 5.99. The zero-order valence-electron chi connectivity index (χ0n) is 12.0. The molecule has 3 heteroatoms. The van der Waals surface area contributed by atoms with Gasteiger partial charge in [-0.3, -0.25) is 0 Å². The standard InChI is InChI=1S/C16H25BrN2/c1-12-7-9-19(11-13(12)2)10-8-16(18)14-3-5-15(17)6-4-14/h3-6,12-13,16H,7-11,18H2,1-2H3. The van der Waals surface area contributed by atoms with Gasteiger partial charge in [-0.2, -0.15) is 0 Å². The number of nitrogens with zero attached hydrogens (tertiary/aromatic N) is 1. The molecule has 1 aliphatic heterocycles. The van der Waals surface area contributed by atoms with Crippen LogP contribution in [0.5, 0.6) is 0 Å². The quantitative estimate of drug-likeness (QED) is 0.912. The van der Waals surface area contributed by atoms with E-state index < -0.39 is 0 Å². The molecule has 1 aromatic carbocycles. The topological polar surface area (TPSA) is 29.3 Å². The molecule has 0 saturated carbocycles. The summed E-state index contributed by atoms with van der Waals surface area (Å²) < 4.78 is 1.11. The Balaban J connectivity index is 1.80. The maximum Gasteiger partial charge on any atom is 0.0307 e. The highest BCUT2D eigenvalue weighted by atomic mass is 79.9. The fourth-order valence-electron chi connectivity index (χ4n) is 2.75. The van der Waals surface area contributed by atoms with E-state index >= 15 is 0 Å². The van der Waals surface area contributed by atoms with Crippen LogP contribution in [0.25, 0.3) is 0 Å². The van der Waals surface area contributed by atoms with Crippen molar-refractivity contribution in [1.82, 2.24) is 4.90 Å². The van der Waals surface area contributed by atoms with E-state index in [1.807, 2.05) is 0 Å². The lowest BCUT2D eigenvalue weighted by atomic mass is 9.88. The van der Waals surface area contributed by atoms with Crippen molar-refractivity contribution < 1.29 is 0 Å². The predicted octanol–water partition coefficient (Wildman–Crippen LogP) is 3.82. The van der Waals surface area contributed by atoms with Crippen LogP contribution in [0.15, 0.2) is 28.7 Å². The molecular weight excluding hydrogens is 300 g/mol. The molecule has 0 radical (unpaired) electrons. The average molecular weight is 325 g/mol. The largest absolute Gasteiger partial charge is 0.324 e. The third-order valence-corrected chi connectivity index (χ3v) is 5.00. The molecular formula is C16H25BrN2. The van der Waals surface area contributed by atoms with Crippen LogP contribution < -0.4 is 5.73 Å². The molecule has 1 saturated heterocycles. The molecule has 0 amide bonds. The number of benzene rings is 1. The van der Waals surface area contributed by atoms with Gasteiger partial charge in [-0.15, -0.1) is 0 Å². The van der Waals surface area contributed by atoms with Crippen LogP contribution in [0, 0.1) is 11.8 Å². The van der Waals surface area contributed by atoms with E-state index in [0.29, 0.717) is 0 Å². The van der Waals surface area contributed by atoms with Gasteiger partial charge in [0.15, 0.2) is 0 Å². The molecule has 3 unspecified atom stereocenters. The molecule has 0 aromatic heterocycles. The fourth-order valence-corrected chi connectivity index (χ4v) is 3.01. The third-order valence-electron chi connectivity index (χ3n) is 4.47. The SMILES string of the molecule is CC1CCN(CCC(N)c2ccc(Br)cc2)CC1C. The smallest absolute Gasteiger partial charge is 0.0307 e. The van der Waals surface area contributed by atoms with Crippen molar-refractivity contribution in [1.29, 1.82) is 0 Å². The van der Waals surface area contributed by atoms with Crippen molar-refractivity contribution in [3.63, 3.8) is 0 Å². The van der Waals surface area contributed by atoms with E-state index in [-0.39, 0.29) is 6.04 Å². The molecule has 19 heavy (non-hydrogen) atoms. The summed E-state index contributed by atoms with van der Waals surface area (Å²) in [5.41, 5.74) is 7.52. The lowest BCUT2D eigenvalue weighted by molar-refractivity contribution is 0.135. The Bertz CT molecular complexity index is 390. The van der Waals surface area contributed by atoms with Crippen LogP contribution in [0.3, 0.4) is 0 Å². The van der Waals surface area contributed by atoms with E-state index in [1.165, 1.54) is 25.1 Å². The van der Waals surface area contributed by atoms with E-state index in [4.69, 9.17) is 5.73 Å². The van der Waals surface area contributed by atoms with E-state index in [2.05, 4.69) is 58.9 Å². The first-order valence-corrected chi connectivity index (χ1v) is 8.09. The zero-order valence-corrected chi connectivity index (χ0v) is 13.6. The number of piperidine rings is 1. The monoisotopic (exact) mass is 324 g/mol. The molecule has 106 valence electrons. The number of likely N-dealkylation sites (tertiary alicyclic amines) is 1. The fraction of sp³-hybridized carbons (Fsp3) is 0.625. The summed E-state index contributed by atoms with van der Waals surface area (Å²) in [7, 11) is 0. The Morgan fingerprint density at radius 3 is 2.58 bits per heavy atom. The summed E-state index contributed by atoms with van der Waals surface area (Å²) in [6, 6.07) is 8.54. The summed E-state index contributed by atoms with van der Waals surface area (Å²) >= 11 is 3.46. The number of nitrogens with two attached hydrogens (primary N) is 1. The van der Waals surface area contributed by atoms with Gasteiger partial charge >= 0.3 is 0 Å². The summed E-state index contributed by atoms with van der Waals surface area (Å²) in [6.45, 7) is 8.32. The second-order valence-corrected chi connectivity index (χ2v) is 6.91. The Hall–Kier alpha value is -0.380. The highest BCUT2D eigenvalue weighted by Gasteiger charge is 2.22.